The lowest BCUT2D eigenvalue weighted by Gasteiger charge is -2.13. The normalized spacial score (nSPS) is 12.1. The molecule has 0 aliphatic carbocycles. The van der Waals surface area contributed by atoms with Crippen LogP contribution in [0.15, 0.2) is 43.0 Å². The summed E-state index contributed by atoms with van der Waals surface area (Å²) < 4.78 is 7.07. The molecule has 0 aliphatic rings. The van der Waals surface area contributed by atoms with E-state index in [1.165, 1.54) is 0 Å². The molecule has 6 heteroatoms. The second-order valence-corrected chi connectivity index (χ2v) is 4.78. The van der Waals surface area contributed by atoms with Gasteiger partial charge in [0, 0.05) is 38.3 Å². The number of ether oxygens (including phenoxy) is 1. The monoisotopic (exact) mass is 288 g/mol. The number of hydrogen-bond acceptors (Lipinski definition) is 4. The van der Waals surface area contributed by atoms with Gasteiger partial charge < -0.3 is 20.4 Å². The third kappa shape index (κ3) is 4.70. The number of anilines is 1. The highest BCUT2D eigenvalue weighted by Crippen LogP contribution is 2.12. The minimum Gasteiger partial charge on any atom is -0.380 e. The summed E-state index contributed by atoms with van der Waals surface area (Å²) in [5.41, 5.74) is 7.37. The quantitative estimate of drug-likeness (QED) is 0.803. The van der Waals surface area contributed by atoms with Gasteiger partial charge in [0.2, 0.25) is 5.91 Å². The molecule has 0 saturated carbocycles. The number of carbonyl (C=O) groups excluding carboxylic acids is 1. The predicted octanol–water partition coefficient (Wildman–Crippen LogP) is 1.23. The molecule has 112 valence electrons. The first-order valence-electron chi connectivity index (χ1n) is 6.78. The molecule has 0 fully saturated rings. The summed E-state index contributed by atoms with van der Waals surface area (Å²) in [4.78, 5) is 15.9. The molecular formula is C15H20N4O2. The van der Waals surface area contributed by atoms with E-state index in [4.69, 9.17) is 10.5 Å². The number of amides is 1. The molecule has 1 amide bonds. The summed E-state index contributed by atoms with van der Waals surface area (Å²) in [7, 11) is 1.55. The molecule has 1 aromatic heterocycles. The van der Waals surface area contributed by atoms with Crippen LogP contribution in [0.1, 0.15) is 12.0 Å². The van der Waals surface area contributed by atoms with Gasteiger partial charge in [0.1, 0.15) is 0 Å². The molecule has 21 heavy (non-hydrogen) atoms. The molecule has 0 radical (unpaired) electrons. The minimum absolute atomic E-state index is 0.105. The van der Waals surface area contributed by atoms with Crippen LogP contribution in [0.3, 0.4) is 0 Å². The van der Waals surface area contributed by atoms with Gasteiger partial charge in [0.05, 0.1) is 18.9 Å². The Balaban J connectivity index is 1.96. The Labute approximate surface area is 123 Å². The highest BCUT2D eigenvalue weighted by atomic mass is 16.5. The maximum absolute atomic E-state index is 11.9. The Hall–Kier alpha value is -2.18. The van der Waals surface area contributed by atoms with Crippen molar-refractivity contribution in [2.45, 2.75) is 19.1 Å². The standard InChI is InChI=1S/C15H20N4O2/c1-21-14(9-16)8-15(20)18-13-4-2-3-12(7-13)10-19-6-5-17-11-19/h2-7,11,14H,8-10,16H2,1H3,(H,18,20). The van der Waals surface area contributed by atoms with Gasteiger partial charge in [-0.1, -0.05) is 12.1 Å². The van der Waals surface area contributed by atoms with Crippen LogP contribution in [-0.4, -0.2) is 35.2 Å². The molecule has 1 unspecified atom stereocenters. The Bertz CT molecular complexity index is 565. The fourth-order valence-electron chi connectivity index (χ4n) is 2.02. The zero-order chi connectivity index (χ0) is 15.1. The van der Waals surface area contributed by atoms with Crippen LogP contribution in [0.5, 0.6) is 0 Å². The highest BCUT2D eigenvalue weighted by Gasteiger charge is 2.11. The number of benzene rings is 1. The van der Waals surface area contributed by atoms with Crippen LogP contribution in [0.2, 0.25) is 0 Å². The summed E-state index contributed by atoms with van der Waals surface area (Å²) in [6.45, 7) is 1.04. The van der Waals surface area contributed by atoms with Gasteiger partial charge >= 0.3 is 0 Å². The van der Waals surface area contributed by atoms with Crippen LogP contribution in [0.25, 0.3) is 0 Å². The Morgan fingerprint density at radius 2 is 2.38 bits per heavy atom. The summed E-state index contributed by atoms with van der Waals surface area (Å²) in [6.07, 6.45) is 5.40. The van der Waals surface area contributed by atoms with E-state index >= 15 is 0 Å². The molecule has 1 heterocycles. The zero-order valence-electron chi connectivity index (χ0n) is 12.0. The number of nitrogens with one attached hydrogen (secondary N) is 1. The van der Waals surface area contributed by atoms with Gasteiger partial charge in [-0.15, -0.1) is 0 Å². The molecular weight excluding hydrogens is 268 g/mol. The molecule has 2 aromatic rings. The smallest absolute Gasteiger partial charge is 0.227 e. The summed E-state index contributed by atoms with van der Waals surface area (Å²) in [5.74, 6) is -0.105. The van der Waals surface area contributed by atoms with Crippen molar-refractivity contribution < 1.29 is 9.53 Å². The van der Waals surface area contributed by atoms with Gasteiger partial charge in [0.15, 0.2) is 0 Å². The average molecular weight is 288 g/mol. The lowest BCUT2D eigenvalue weighted by Crippen LogP contribution is -2.28. The fourth-order valence-corrected chi connectivity index (χ4v) is 2.02. The first-order chi connectivity index (χ1) is 10.2. The Kier molecular flexibility index (Phi) is 5.48. The molecule has 1 atom stereocenters. The van der Waals surface area contributed by atoms with Crippen molar-refractivity contribution in [3.8, 4) is 0 Å². The van der Waals surface area contributed by atoms with Crippen LogP contribution in [-0.2, 0) is 16.1 Å². The Morgan fingerprint density at radius 3 is 3.05 bits per heavy atom. The molecule has 0 bridgehead atoms. The molecule has 0 spiro atoms. The van der Waals surface area contributed by atoms with Gasteiger partial charge in [-0.25, -0.2) is 4.98 Å². The van der Waals surface area contributed by atoms with Crippen molar-refractivity contribution in [3.63, 3.8) is 0 Å². The van der Waals surface area contributed by atoms with E-state index in [9.17, 15) is 4.79 Å². The number of aromatic nitrogens is 2. The largest absolute Gasteiger partial charge is 0.380 e. The van der Waals surface area contributed by atoms with Crippen LogP contribution in [0, 0.1) is 0 Å². The number of imidazole rings is 1. The average Bonchev–Trinajstić information content (AvgIpc) is 2.98. The van der Waals surface area contributed by atoms with E-state index in [-0.39, 0.29) is 18.4 Å². The maximum atomic E-state index is 11.9. The first kappa shape index (κ1) is 15.2. The lowest BCUT2D eigenvalue weighted by atomic mass is 10.2. The molecule has 1 aromatic carbocycles. The van der Waals surface area contributed by atoms with Crippen molar-refractivity contribution in [1.82, 2.24) is 9.55 Å². The summed E-state index contributed by atoms with van der Waals surface area (Å²) >= 11 is 0. The van der Waals surface area contributed by atoms with E-state index in [1.807, 2.05) is 35.0 Å². The third-order valence-electron chi connectivity index (χ3n) is 3.14. The van der Waals surface area contributed by atoms with Crippen LogP contribution in [0.4, 0.5) is 5.69 Å². The highest BCUT2D eigenvalue weighted by molar-refractivity contribution is 5.91. The van der Waals surface area contributed by atoms with Crippen molar-refractivity contribution in [3.05, 3.63) is 48.5 Å². The van der Waals surface area contributed by atoms with E-state index in [2.05, 4.69) is 10.3 Å². The third-order valence-corrected chi connectivity index (χ3v) is 3.14. The molecule has 0 saturated heterocycles. The van der Waals surface area contributed by atoms with Gasteiger partial charge in [-0.2, -0.15) is 0 Å². The Morgan fingerprint density at radius 1 is 1.52 bits per heavy atom. The van der Waals surface area contributed by atoms with Crippen LogP contribution >= 0.6 is 0 Å². The first-order valence-corrected chi connectivity index (χ1v) is 6.78. The van der Waals surface area contributed by atoms with Gasteiger partial charge in [-0.05, 0) is 17.7 Å². The second kappa shape index (κ2) is 7.56. The number of hydrogen-bond donors (Lipinski definition) is 2. The number of methoxy groups -OCH3 is 1. The van der Waals surface area contributed by atoms with Crippen molar-refractivity contribution in [1.29, 1.82) is 0 Å². The zero-order valence-corrected chi connectivity index (χ0v) is 12.0. The number of nitrogens with zero attached hydrogens (tertiary/aromatic N) is 2. The lowest BCUT2D eigenvalue weighted by molar-refractivity contribution is -0.118. The summed E-state index contributed by atoms with van der Waals surface area (Å²) in [5, 5.41) is 2.86. The van der Waals surface area contributed by atoms with Crippen molar-refractivity contribution in [2.24, 2.45) is 5.73 Å². The van der Waals surface area contributed by atoms with E-state index < -0.39 is 0 Å². The second-order valence-electron chi connectivity index (χ2n) is 4.78. The van der Waals surface area contributed by atoms with Gasteiger partial charge in [-0.3, -0.25) is 4.79 Å². The maximum Gasteiger partial charge on any atom is 0.227 e. The summed E-state index contributed by atoms with van der Waals surface area (Å²) in [6, 6.07) is 7.73. The minimum atomic E-state index is -0.251. The SMILES string of the molecule is COC(CN)CC(=O)Nc1cccc(Cn2ccnc2)c1. The molecule has 0 aliphatic heterocycles. The predicted molar refractivity (Wildman–Crippen MR) is 80.9 cm³/mol. The van der Waals surface area contributed by atoms with E-state index in [1.54, 1.807) is 19.6 Å². The van der Waals surface area contributed by atoms with Gasteiger partial charge in [0.25, 0.3) is 0 Å². The van der Waals surface area contributed by atoms with Crippen molar-refractivity contribution >= 4 is 11.6 Å². The molecule has 6 nitrogen and oxygen atoms in total. The van der Waals surface area contributed by atoms with E-state index in [0.717, 1.165) is 11.3 Å². The number of rotatable bonds is 7. The van der Waals surface area contributed by atoms with Crippen molar-refractivity contribution in [2.75, 3.05) is 19.0 Å². The fraction of sp³-hybridized carbons (Fsp3) is 0.333. The molecule has 3 N–H and O–H groups in total. The number of nitrogens with two attached hydrogens (primary N) is 1. The molecule has 2 rings (SSSR count). The van der Waals surface area contributed by atoms with E-state index in [0.29, 0.717) is 13.1 Å². The number of carbonyl (C=O) groups is 1. The topological polar surface area (TPSA) is 82.2 Å². The van der Waals surface area contributed by atoms with Crippen LogP contribution < -0.4 is 11.1 Å².